The van der Waals surface area contributed by atoms with Gasteiger partial charge in [-0.2, -0.15) is 0 Å². The van der Waals surface area contributed by atoms with E-state index in [0.29, 0.717) is 13.2 Å². The third kappa shape index (κ3) is 7.31. The van der Waals surface area contributed by atoms with Gasteiger partial charge in [-0.3, -0.25) is 14.5 Å². The number of likely N-dealkylation sites (N-methyl/N-ethyl adjacent to an activating group) is 1. The number of carbonyl (C=O) groups is 2. The van der Waals surface area contributed by atoms with Crippen molar-refractivity contribution in [3.05, 3.63) is 63.9 Å². The largest absolute Gasteiger partial charge is 0.383 e. The number of aryl methyl sites for hydroxylation is 1. The van der Waals surface area contributed by atoms with E-state index in [0.717, 1.165) is 16.8 Å². The van der Waals surface area contributed by atoms with E-state index in [2.05, 4.69) is 5.32 Å². The second kappa shape index (κ2) is 11.8. The van der Waals surface area contributed by atoms with Crippen molar-refractivity contribution in [2.75, 3.05) is 45.7 Å². The number of halogens is 2. The predicted molar refractivity (Wildman–Crippen MR) is 121 cm³/mol. The lowest BCUT2D eigenvalue weighted by atomic mass is 10.1. The van der Waals surface area contributed by atoms with Crippen LogP contribution in [-0.4, -0.2) is 62.0 Å². The maximum Gasteiger partial charge on any atom is 0.238 e. The molecule has 0 aliphatic rings. The highest BCUT2D eigenvalue weighted by atomic mass is 35.5. The zero-order valence-corrected chi connectivity index (χ0v) is 19.1. The van der Waals surface area contributed by atoms with Crippen molar-refractivity contribution in [2.24, 2.45) is 0 Å². The van der Waals surface area contributed by atoms with Crippen molar-refractivity contribution in [1.29, 1.82) is 0 Å². The number of nitrogens with one attached hydrogen (secondary N) is 1. The molecule has 0 saturated carbocycles. The number of hydrogen-bond donors (Lipinski definition) is 1. The predicted octanol–water partition coefficient (Wildman–Crippen LogP) is 3.64. The highest BCUT2D eigenvalue weighted by molar-refractivity contribution is 6.31. The fourth-order valence-electron chi connectivity index (χ4n) is 3.03. The van der Waals surface area contributed by atoms with Crippen molar-refractivity contribution in [2.45, 2.75) is 20.4 Å². The smallest absolute Gasteiger partial charge is 0.238 e. The maximum atomic E-state index is 14.0. The Morgan fingerprint density at radius 3 is 2.52 bits per heavy atom. The lowest BCUT2D eigenvalue weighted by Crippen LogP contribution is -2.43. The van der Waals surface area contributed by atoms with Crippen LogP contribution in [0.15, 0.2) is 36.4 Å². The first-order valence-electron chi connectivity index (χ1n) is 9.97. The number of anilines is 1. The van der Waals surface area contributed by atoms with E-state index in [1.807, 2.05) is 32.0 Å². The van der Waals surface area contributed by atoms with E-state index in [1.165, 1.54) is 17.0 Å². The van der Waals surface area contributed by atoms with Crippen LogP contribution >= 0.6 is 11.6 Å². The van der Waals surface area contributed by atoms with Gasteiger partial charge in [0, 0.05) is 43.5 Å². The molecule has 2 aromatic rings. The standard InChI is InChI=1S/C23H29ClFN3O3/c1-16-7-5-10-21(17(16)2)26-22(29)14-28(11-12-31-4)15-23(30)27(3)13-18-19(24)8-6-9-20(18)25/h5-10H,11-15H2,1-4H3,(H,26,29). The molecule has 0 unspecified atom stereocenters. The van der Waals surface area contributed by atoms with Crippen LogP contribution in [0.25, 0.3) is 0 Å². The summed E-state index contributed by atoms with van der Waals surface area (Å²) in [4.78, 5) is 28.4. The van der Waals surface area contributed by atoms with Crippen LogP contribution in [0.4, 0.5) is 10.1 Å². The van der Waals surface area contributed by atoms with Crippen LogP contribution < -0.4 is 5.32 Å². The zero-order valence-electron chi connectivity index (χ0n) is 18.4. The lowest BCUT2D eigenvalue weighted by Gasteiger charge is -2.25. The molecule has 0 bridgehead atoms. The molecule has 0 saturated heterocycles. The van der Waals surface area contributed by atoms with Crippen LogP contribution in [0, 0.1) is 19.7 Å². The van der Waals surface area contributed by atoms with Gasteiger partial charge in [-0.15, -0.1) is 0 Å². The lowest BCUT2D eigenvalue weighted by molar-refractivity contribution is -0.132. The second-order valence-corrected chi connectivity index (χ2v) is 7.86. The van der Waals surface area contributed by atoms with E-state index in [9.17, 15) is 14.0 Å². The molecule has 0 spiro atoms. The topological polar surface area (TPSA) is 61.9 Å². The average molecular weight is 450 g/mol. The summed E-state index contributed by atoms with van der Waals surface area (Å²) in [6.45, 7) is 4.75. The van der Waals surface area contributed by atoms with Gasteiger partial charge in [-0.1, -0.05) is 29.8 Å². The van der Waals surface area contributed by atoms with Crippen LogP contribution in [0.5, 0.6) is 0 Å². The van der Waals surface area contributed by atoms with Crippen molar-refractivity contribution in [3.8, 4) is 0 Å². The van der Waals surface area contributed by atoms with E-state index < -0.39 is 5.82 Å². The average Bonchev–Trinajstić information content (AvgIpc) is 2.72. The molecule has 1 N–H and O–H groups in total. The van der Waals surface area contributed by atoms with Gasteiger partial charge in [-0.05, 0) is 43.2 Å². The Bertz CT molecular complexity index is 903. The number of methoxy groups -OCH3 is 1. The molecule has 0 radical (unpaired) electrons. The summed E-state index contributed by atoms with van der Waals surface area (Å²) in [6, 6.07) is 10.1. The van der Waals surface area contributed by atoms with Gasteiger partial charge in [0.25, 0.3) is 0 Å². The van der Waals surface area contributed by atoms with Crippen molar-refractivity contribution in [3.63, 3.8) is 0 Å². The molecule has 0 fully saturated rings. The SMILES string of the molecule is COCCN(CC(=O)Nc1cccc(C)c1C)CC(=O)N(C)Cc1c(F)cccc1Cl. The van der Waals surface area contributed by atoms with Crippen LogP contribution in [0.2, 0.25) is 5.02 Å². The summed E-state index contributed by atoms with van der Waals surface area (Å²) < 4.78 is 19.2. The number of benzene rings is 2. The molecule has 31 heavy (non-hydrogen) atoms. The Hall–Kier alpha value is -2.48. The summed E-state index contributed by atoms with van der Waals surface area (Å²) in [5.74, 6) is -0.941. The Labute approximate surface area is 187 Å². The molecule has 0 aliphatic carbocycles. The Balaban J connectivity index is 2.01. The Morgan fingerprint density at radius 1 is 1.13 bits per heavy atom. The van der Waals surface area contributed by atoms with Crippen molar-refractivity contribution < 1.29 is 18.7 Å². The van der Waals surface area contributed by atoms with E-state index >= 15 is 0 Å². The molecule has 168 valence electrons. The normalized spacial score (nSPS) is 10.9. The highest BCUT2D eigenvalue weighted by Gasteiger charge is 2.19. The first kappa shape index (κ1) is 24.8. The van der Waals surface area contributed by atoms with Gasteiger partial charge < -0.3 is 15.0 Å². The van der Waals surface area contributed by atoms with Crippen LogP contribution in [-0.2, 0) is 20.9 Å². The number of amides is 2. The molecule has 6 nitrogen and oxygen atoms in total. The Morgan fingerprint density at radius 2 is 1.84 bits per heavy atom. The summed E-state index contributed by atoms with van der Waals surface area (Å²) in [7, 11) is 3.14. The first-order valence-corrected chi connectivity index (χ1v) is 10.3. The first-order chi connectivity index (χ1) is 14.7. The third-order valence-electron chi connectivity index (χ3n) is 5.10. The number of carbonyl (C=O) groups excluding carboxylic acids is 2. The number of nitrogens with zero attached hydrogens (tertiary/aromatic N) is 2. The van der Waals surface area contributed by atoms with E-state index in [-0.39, 0.29) is 42.0 Å². The van der Waals surface area contributed by atoms with Gasteiger partial charge in [0.05, 0.1) is 19.7 Å². The summed E-state index contributed by atoms with van der Waals surface area (Å²) in [6.07, 6.45) is 0. The fraction of sp³-hybridized carbons (Fsp3) is 0.391. The molecule has 2 rings (SSSR count). The summed E-state index contributed by atoms with van der Waals surface area (Å²) >= 11 is 6.06. The minimum Gasteiger partial charge on any atom is -0.383 e. The zero-order chi connectivity index (χ0) is 23.0. The maximum absolute atomic E-state index is 14.0. The molecule has 2 amide bonds. The van der Waals surface area contributed by atoms with Gasteiger partial charge in [0.2, 0.25) is 11.8 Å². The molecule has 0 aliphatic heterocycles. The monoisotopic (exact) mass is 449 g/mol. The number of hydrogen-bond acceptors (Lipinski definition) is 4. The quantitative estimate of drug-likeness (QED) is 0.601. The van der Waals surface area contributed by atoms with Crippen LogP contribution in [0.3, 0.4) is 0 Å². The minimum atomic E-state index is -0.462. The van der Waals surface area contributed by atoms with Gasteiger partial charge in [-0.25, -0.2) is 4.39 Å². The van der Waals surface area contributed by atoms with Gasteiger partial charge >= 0.3 is 0 Å². The minimum absolute atomic E-state index is 0.00779. The molecular formula is C23H29ClFN3O3. The van der Waals surface area contributed by atoms with Gasteiger partial charge in [0.1, 0.15) is 5.82 Å². The third-order valence-corrected chi connectivity index (χ3v) is 5.45. The molecule has 0 atom stereocenters. The Kier molecular flexibility index (Phi) is 9.43. The molecule has 8 heteroatoms. The summed E-state index contributed by atoms with van der Waals surface area (Å²) in [5, 5.41) is 3.17. The second-order valence-electron chi connectivity index (χ2n) is 7.45. The number of rotatable bonds is 10. The van der Waals surface area contributed by atoms with Gasteiger partial charge in [0.15, 0.2) is 0 Å². The molecular weight excluding hydrogens is 421 g/mol. The van der Waals surface area contributed by atoms with Crippen molar-refractivity contribution >= 4 is 29.1 Å². The summed E-state index contributed by atoms with van der Waals surface area (Å²) in [5.41, 5.74) is 3.08. The fourth-order valence-corrected chi connectivity index (χ4v) is 3.26. The molecule has 2 aromatic carbocycles. The number of ether oxygens (including phenoxy) is 1. The molecule has 0 heterocycles. The molecule has 0 aromatic heterocycles. The van der Waals surface area contributed by atoms with Crippen LogP contribution in [0.1, 0.15) is 16.7 Å². The highest BCUT2D eigenvalue weighted by Crippen LogP contribution is 2.20. The van der Waals surface area contributed by atoms with E-state index in [4.69, 9.17) is 16.3 Å². The van der Waals surface area contributed by atoms with Crippen molar-refractivity contribution in [1.82, 2.24) is 9.80 Å². The van der Waals surface area contributed by atoms with E-state index in [1.54, 1.807) is 25.1 Å².